The molecule has 2 heterocycles. The molecule has 0 aliphatic carbocycles. The van der Waals surface area contributed by atoms with Crippen molar-refractivity contribution in [1.29, 1.82) is 0 Å². The number of hydrogen-bond donors (Lipinski definition) is 1. The van der Waals surface area contributed by atoms with E-state index >= 15 is 0 Å². The van der Waals surface area contributed by atoms with Gasteiger partial charge in [0, 0.05) is 19.2 Å². The van der Waals surface area contributed by atoms with E-state index in [0.717, 1.165) is 33.2 Å². The van der Waals surface area contributed by atoms with Crippen LogP contribution in [0.5, 0.6) is 5.75 Å². The first-order chi connectivity index (χ1) is 9.65. The lowest BCUT2D eigenvalue weighted by atomic mass is 10.2. The summed E-state index contributed by atoms with van der Waals surface area (Å²) in [7, 11) is 3.58. The van der Waals surface area contributed by atoms with Gasteiger partial charge in [0.15, 0.2) is 5.82 Å². The fourth-order valence-corrected chi connectivity index (χ4v) is 2.60. The van der Waals surface area contributed by atoms with Crippen LogP contribution in [0.25, 0.3) is 17.2 Å². The molecule has 0 bridgehead atoms. The van der Waals surface area contributed by atoms with Crippen LogP contribution >= 0.6 is 15.9 Å². The Morgan fingerprint density at radius 1 is 1.30 bits per heavy atom. The molecule has 3 aromatic rings. The molecule has 0 unspecified atom stereocenters. The maximum atomic E-state index is 5.65. The van der Waals surface area contributed by atoms with Gasteiger partial charge in [-0.1, -0.05) is 0 Å². The van der Waals surface area contributed by atoms with E-state index in [-0.39, 0.29) is 0 Å². The van der Waals surface area contributed by atoms with Gasteiger partial charge in [-0.05, 0) is 40.2 Å². The molecule has 0 aliphatic rings. The SMILES string of the molecule is COc1ccc(-c2nn3c(Br)c(CN)nc3n2C)cc1. The van der Waals surface area contributed by atoms with Gasteiger partial charge in [0.05, 0.1) is 12.8 Å². The zero-order valence-electron chi connectivity index (χ0n) is 11.2. The van der Waals surface area contributed by atoms with Gasteiger partial charge in [0.2, 0.25) is 5.78 Å². The van der Waals surface area contributed by atoms with Crippen molar-refractivity contribution in [2.24, 2.45) is 12.8 Å². The van der Waals surface area contributed by atoms with Crippen LogP contribution < -0.4 is 10.5 Å². The average molecular weight is 336 g/mol. The first-order valence-electron chi connectivity index (χ1n) is 6.10. The second kappa shape index (κ2) is 4.92. The van der Waals surface area contributed by atoms with Crippen molar-refractivity contribution < 1.29 is 4.74 Å². The van der Waals surface area contributed by atoms with Gasteiger partial charge in [-0.3, -0.25) is 4.57 Å². The standard InChI is InChI=1S/C13H14BrN5O/c1-18-12(8-3-5-9(20-2)6-4-8)17-19-11(14)10(7-15)16-13(18)19/h3-6H,7,15H2,1-2H3. The average Bonchev–Trinajstić information content (AvgIpc) is 2.97. The van der Waals surface area contributed by atoms with Crippen LogP contribution in [0, 0.1) is 0 Å². The highest BCUT2D eigenvalue weighted by Gasteiger charge is 2.17. The van der Waals surface area contributed by atoms with Crippen LogP contribution in [-0.2, 0) is 13.6 Å². The number of fused-ring (bicyclic) bond motifs is 1. The molecule has 1 aromatic carbocycles. The molecular formula is C13H14BrN5O. The third kappa shape index (κ3) is 1.90. The molecule has 0 fully saturated rings. The van der Waals surface area contributed by atoms with Crippen molar-refractivity contribution in [3.63, 3.8) is 0 Å². The van der Waals surface area contributed by atoms with E-state index in [2.05, 4.69) is 26.0 Å². The first kappa shape index (κ1) is 13.1. The van der Waals surface area contributed by atoms with E-state index < -0.39 is 0 Å². The quantitative estimate of drug-likeness (QED) is 0.794. The van der Waals surface area contributed by atoms with Gasteiger partial charge >= 0.3 is 0 Å². The summed E-state index contributed by atoms with van der Waals surface area (Å²) in [4.78, 5) is 4.48. The van der Waals surface area contributed by atoms with Gasteiger partial charge in [-0.25, -0.2) is 4.98 Å². The number of imidazole rings is 1. The predicted molar refractivity (Wildman–Crippen MR) is 79.5 cm³/mol. The Kier molecular flexibility index (Phi) is 3.23. The maximum Gasteiger partial charge on any atom is 0.233 e. The summed E-state index contributed by atoms with van der Waals surface area (Å²) in [5.74, 6) is 2.40. The van der Waals surface area contributed by atoms with Crippen molar-refractivity contribution in [2.75, 3.05) is 7.11 Å². The minimum Gasteiger partial charge on any atom is -0.497 e. The van der Waals surface area contributed by atoms with E-state index in [9.17, 15) is 0 Å². The molecule has 0 spiro atoms. The molecule has 6 nitrogen and oxygen atoms in total. The lowest BCUT2D eigenvalue weighted by molar-refractivity contribution is 0.415. The van der Waals surface area contributed by atoms with Gasteiger partial charge in [0.25, 0.3) is 0 Å². The molecule has 2 aromatic heterocycles. The predicted octanol–water partition coefficient (Wildman–Crippen LogP) is 1.96. The number of benzene rings is 1. The fraction of sp³-hybridized carbons (Fsp3) is 0.231. The molecule has 0 radical (unpaired) electrons. The summed E-state index contributed by atoms with van der Waals surface area (Å²) in [6.07, 6.45) is 0. The van der Waals surface area contributed by atoms with Crippen molar-refractivity contribution in [1.82, 2.24) is 19.2 Å². The van der Waals surface area contributed by atoms with Gasteiger partial charge < -0.3 is 10.5 Å². The third-order valence-electron chi connectivity index (χ3n) is 3.20. The maximum absolute atomic E-state index is 5.65. The monoisotopic (exact) mass is 335 g/mol. The molecule has 0 saturated heterocycles. The number of halogens is 1. The zero-order valence-corrected chi connectivity index (χ0v) is 12.8. The molecule has 0 amide bonds. The molecule has 0 saturated carbocycles. The van der Waals surface area contributed by atoms with Crippen LogP contribution in [0.4, 0.5) is 0 Å². The summed E-state index contributed by atoms with van der Waals surface area (Å²) in [5, 5.41) is 4.58. The lowest BCUT2D eigenvalue weighted by Gasteiger charge is -2.03. The van der Waals surface area contributed by atoms with Crippen molar-refractivity contribution in [3.8, 4) is 17.1 Å². The fourth-order valence-electron chi connectivity index (χ4n) is 2.11. The second-order valence-electron chi connectivity index (χ2n) is 4.38. The number of nitrogens with zero attached hydrogens (tertiary/aromatic N) is 4. The van der Waals surface area contributed by atoms with E-state index in [1.807, 2.05) is 35.9 Å². The zero-order chi connectivity index (χ0) is 14.3. The summed E-state index contributed by atoms with van der Waals surface area (Å²) in [6.45, 7) is 0.377. The van der Waals surface area contributed by atoms with Crippen molar-refractivity contribution >= 4 is 21.7 Å². The lowest BCUT2D eigenvalue weighted by Crippen LogP contribution is -1.99. The second-order valence-corrected chi connectivity index (χ2v) is 5.13. The number of ether oxygens (including phenoxy) is 1. The van der Waals surface area contributed by atoms with E-state index in [1.54, 1.807) is 11.6 Å². The number of aromatic nitrogens is 4. The van der Waals surface area contributed by atoms with Gasteiger partial charge in [-0.15, -0.1) is 5.10 Å². The number of hydrogen-bond acceptors (Lipinski definition) is 4. The first-order valence-corrected chi connectivity index (χ1v) is 6.89. The minimum absolute atomic E-state index is 0.377. The largest absolute Gasteiger partial charge is 0.497 e. The summed E-state index contributed by atoms with van der Waals surface area (Å²) >= 11 is 3.48. The van der Waals surface area contributed by atoms with E-state index in [4.69, 9.17) is 10.5 Å². The Bertz CT molecular complexity index is 759. The Morgan fingerprint density at radius 2 is 2.00 bits per heavy atom. The molecule has 2 N–H and O–H groups in total. The highest BCUT2D eigenvalue weighted by Crippen LogP contribution is 2.25. The molecule has 20 heavy (non-hydrogen) atoms. The molecule has 0 atom stereocenters. The summed E-state index contributed by atoms with van der Waals surface area (Å²) in [5.41, 5.74) is 7.44. The summed E-state index contributed by atoms with van der Waals surface area (Å²) in [6, 6.07) is 7.76. The highest BCUT2D eigenvalue weighted by molar-refractivity contribution is 9.10. The molecule has 0 aliphatic heterocycles. The molecule has 3 rings (SSSR count). The summed E-state index contributed by atoms with van der Waals surface area (Å²) < 4.78 is 9.65. The number of aryl methyl sites for hydroxylation is 1. The van der Waals surface area contributed by atoms with Crippen molar-refractivity contribution in [2.45, 2.75) is 6.54 Å². The highest BCUT2D eigenvalue weighted by atomic mass is 79.9. The Balaban J connectivity index is 2.14. The molecule has 104 valence electrons. The van der Waals surface area contributed by atoms with Gasteiger partial charge in [0.1, 0.15) is 10.4 Å². The minimum atomic E-state index is 0.377. The van der Waals surface area contributed by atoms with E-state index in [0.29, 0.717) is 6.54 Å². The smallest absolute Gasteiger partial charge is 0.233 e. The number of nitrogens with two attached hydrogens (primary N) is 1. The Hall–Kier alpha value is -1.86. The Labute approximate surface area is 124 Å². The van der Waals surface area contributed by atoms with Gasteiger partial charge in [-0.2, -0.15) is 4.52 Å². The number of rotatable bonds is 3. The van der Waals surface area contributed by atoms with E-state index in [1.165, 1.54) is 0 Å². The normalized spacial score (nSPS) is 11.2. The molecule has 7 heteroatoms. The topological polar surface area (TPSA) is 70.4 Å². The third-order valence-corrected chi connectivity index (χ3v) is 4.00. The van der Waals surface area contributed by atoms with Crippen molar-refractivity contribution in [3.05, 3.63) is 34.6 Å². The number of methoxy groups -OCH3 is 1. The van der Waals surface area contributed by atoms with Crippen LogP contribution in [0.1, 0.15) is 5.69 Å². The van der Waals surface area contributed by atoms with Crippen LogP contribution in [0.3, 0.4) is 0 Å². The van der Waals surface area contributed by atoms with Crippen LogP contribution in [-0.4, -0.2) is 26.3 Å². The Morgan fingerprint density at radius 3 is 2.55 bits per heavy atom. The van der Waals surface area contributed by atoms with Crippen LogP contribution in [0.15, 0.2) is 28.9 Å². The molecular weight excluding hydrogens is 322 g/mol. The van der Waals surface area contributed by atoms with Crippen LogP contribution in [0.2, 0.25) is 0 Å².